The van der Waals surface area contributed by atoms with E-state index in [0.29, 0.717) is 17.0 Å². The second-order valence-electron chi connectivity index (χ2n) is 4.71. The van der Waals surface area contributed by atoms with Crippen LogP contribution in [0.5, 0.6) is 0 Å². The van der Waals surface area contributed by atoms with Gasteiger partial charge in [-0.25, -0.2) is 0 Å². The predicted molar refractivity (Wildman–Crippen MR) is 64.5 cm³/mol. The quantitative estimate of drug-likeness (QED) is 0.842. The number of aliphatic hydroxyl groups is 1. The number of aliphatic hydroxyl groups excluding tert-OH is 1. The van der Waals surface area contributed by atoms with Crippen LogP contribution < -0.4 is 0 Å². The molecule has 1 fully saturated rings. The van der Waals surface area contributed by atoms with Gasteiger partial charge in [-0.05, 0) is 30.4 Å². The summed E-state index contributed by atoms with van der Waals surface area (Å²) >= 11 is 0. The van der Waals surface area contributed by atoms with Crippen LogP contribution in [0.1, 0.15) is 35.7 Å². The highest BCUT2D eigenvalue weighted by atomic mass is 16.3. The topological polar surface area (TPSA) is 53.4 Å². The Kier molecular flexibility index (Phi) is 3.74. The number of carbonyl (C=O) groups is 1. The molecule has 2 rings (SSSR count). The van der Waals surface area contributed by atoms with Gasteiger partial charge in [0.2, 0.25) is 0 Å². The van der Waals surface area contributed by atoms with Crippen LogP contribution >= 0.6 is 0 Å². The van der Waals surface area contributed by atoms with E-state index < -0.39 is 0 Å². The van der Waals surface area contributed by atoms with Crippen molar-refractivity contribution >= 4 is 5.91 Å². The molecular weight excluding hydrogens is 216 g/mol. The molecule has 1 aliphatic rings. The number of aromatic nitrogens is 1. The minimum Gasteiger partial charge on any atom is -0.392 e. The Labute approximate surface area is 101 Å². The van der Waals surface area contributed by atoms with Gasteiger partial charge in [0.05, 0.1) is 12.2 Å². The lowest BCUT2D eigenvalue weighted by Gasteiger charge is -2.30. The van der Waals surface area contributed by atoms with Crippen LogP contribution in [-0.4, -0.2) is 34.0 Å². The van der Waals surface area contributed by atoms with Gasteiger partial charge in [-0.3, -0.25) is 9.78 Å². The lowest BCUT2D eigenvalue weighted by atomic mass is 9.99. The molecule has 0 radical (unpaired) electrons. The Morgan fingerprint density at radius 3 is 2.82 bits per heavy atom. The predicted octanol–water partition coefficient (Wildman–Crippen LogP) is 1.45. The fraction of sp³-hybridized carbons (Fsp3) is 0.538. The molecule has 1 N–H and O–H groups in total. The van der Waals surface area contributed by atoms with Crippen molar-refractivity contribution in [2.75, 3.05) is 13.1 Å². The van der Waals surface area contributed by atoms with Gasteiger partial charge in [0.15, 0.2) is 0 Å². The SMILES string of the molecule is CC1CCN(C(=O)c2cncc(CO)c2)CC1. The van der Waals surface area contributed by atoms with Gasteiger partial charge in [-0.15, -0.1) is 0 Å². The Morgan fingerprint density at radius 2 is 2.18 bits per heavy atom. The molecule has 2 heterocycles. The fourth-order valence-electron chi connectivity index (χ4n) is 2.09. The fourth-order valence-corrected chi connectivity index (χ4v) is 2.09. The van der Waals surface area contributed by atoms with Crippen molar-refractivity contribution in [3.8, 4) is 0 Å². The maximum atomic E-state index is 12.2. The van der Waals surface area contributed by atoms with Crippen molar-refractivity contribution in [1.82, 2.24) is 9.88 Å². The number of amides is 1. The van der Waals surface area contributed by atoms with Crippen LogP contribution in [0.25, 0.3) is 0 Å². The van der Waals surface area contributed by atoms with E-state index in [1.165, 1.54) is 0 Å². The lowest BCUT2D eigenvalue weighted by Crippen LogP contribution is -2.38. The summed E-state index contributed by atoms with van der Waals surface area (Å²) in [5.74, 6) is 0.737. The minimum atomic E-state index is -0.0782. The summed E-state index contributed by atoms with van der Waals surface area (Å²) in [6.45, 7) is 3.79. The summed E-state index contributed by atoms with van der Waals surface area (Å²) in [6, 6.07) is 1.72. The van der Waals surface area contributed by atoms with Gasteiger partial charge in [0.25, 0.3) is 5.91 Å². The van der Waals surface area contributed by atoms with E-state index in [1.807, 2.05) is 4.90 Å². The maximum absolute atomic E-state index is 12.2. The molecule has 4 heteroatoms. The summed E-state index contributed by atoms with van der Waals surface area (Å²) in [7, 11) is 0. The van der Waals surface area contributed by atoms with Crippen LogP contribution in [0.4, 0.5) is 0 Å². The van der Waals surface area contributed by atoms with Crippen molar-refractivity contribution in [3.63, 3.8) is 0 Å². The highest BCUT2D eigenvalue weighted by Gasteiger charge is 2.21. The molecule has 1 amide bonds. The Hall–Kier alpha value is -1.42. The van der Waals surface area contributed by atoms with Crippen molar-refractivity contribution in [3.05, 3.63) is 29.6 Å². The first-order chi connectivity index (χ1) is 8.20. The third-order valence-electron chi connectivity index (χ3n) is 3.30. The molecule has 4 nitrogen and oxygen atoms in total. The second kappa shape index (κ2) is 5.27. The normalized spacial score (nSPS) is 17.2. The van der Waals surface area contributed by atoms with E-state index >= 15 is 0 Å². The van der Waals surface area contributed by atoms with Crippen molar-refractivity contribution < 1.29 is 9.90 Å². The van der Waals surface area contributed by atoms with Gasteiger partial charge in [0, 0.05) is 25.5 Å². The Bertz CT molecular complexity index is 398. The van der Waals surface area contributed by atoms with E-state index in [1.54, 1.807) is 18.5 Å². The molecule has 0 atom stereocenters. The standard InChI is InChI=1S/C13H18N2O2/c1-10-2-4-15(5-3-10)13(17)12-6-11(9-16)7-14-8-12/h6-8,10,16H,2-5,9H2,1H3. The van der Waals surface area contributed by atoms with Crippen LogP contribution in [0.2, 0.25) is 0 Å². The minimum absolute atomic E-state index is 0.0275. The zero-order valence-corrected chi connectivity index (χ0v) is 10.1. The molecule has 0 aliphatic carbocycles. The molecule has 17 heavy (non-hydrogen) atoms. The van der Waals surface area contributed by atoms with Crippen LogP contribution in [0, 0.1) is 5.92 Å². The number of likely N-dealkylation sites (tertiary alicyclic amines) is 1. The molecule has 1 saturated heterocycles. The lowest BCUT2D eigenvalue weighted by molar-refractivity contribution is 0.0696. The smallest absolute Gasteiger partial charge is 0.255 e. The van der Waals surface area contributed by atoms with E-state index in [4.69, 9.17) is 5.11 Å². The molecule has 1 aliphatic heterocycles. The van der Waals surface area contributed by atoms with Gasteiger partial charge in [-0.2, -0.15) is 0 Å². The second-order valence-corrected chi connectivity index (χ2v) is 4.71. The van der Waals surface area contributed by atoms with Gasteiger partial charge >= 0.3 is 0 Å². The van der Waals surface area contributed by atoms with Gasteiger partial charge < -0.3 is 10.0 Å². The molecule has 0 bridgehead atoms. The van der Waals surface area contributed by atoms with Crippen LogP contribution in [0.15, 0.2) is 18.5 Å². The zero-order valence-electron chi connectivity index (χ0n) is 10.1. The molecule has 0 saturated carbocycles. The number of carbonyl (C=O) groups excluding carboxylic acids is 1. The first-order valence-electron chi connectivity index (χ1n) is 6.04. The van der Waals surface area contributed by atoms with Gasteiger partial charge in [-0.1, -0.05) is 6.92 Å². The van der Waals surface area contributed by atoms with E-state index in [-0.39, 0.29) is 12.5 Å². The molecule has 92 valence electrons. The molecule has 0 aromatic carbocycles. The maximum Gasteiger partial charge on any atom is 0.255 e. The number of rotatable bonds is 2. The van der Waals surface area contributed by atoms with Crippen LogP contribution in [0.3, 0.4) is 0 Å². The molecule has 1 aromatic heterocycles. The zero-order chi connectivity index (χ0) is 12.3. The summed E-state index contributed by atoms with van der Waals surface area (Å²) in [4.78, 5) is 18.0. The van der Waals surface area contributed by atoms with Gasteiger partial charge in [0.1, 0.15) is 0 Å². The summed E-state index contributed by atoms with van der Waals surface area (Å²) in [5.41, 5.74) is 1.26. The Balaban J connectivity index is 2.08. The molecular formula is C13H18N2O2. The summed E-state index contributed by atoms with van der Waals surface area (Å²) < 4.78 is 0. The first kappa shape index (κ1) is 12.0. The van der Waals surface area contributed by atoms with Crippen molar-refractivity contribution in [2.45, 2.75) is 26.4 Å². The Morgan fingerprint density at radius 1 is 1.47 bits per heavy atom. The number of hydrogen-bond acceptors (Lipinski definition) is 3. The third kappa shape index (κ3) is 2.82. The van der Waals surface area contributed by atoms with E-state index in [9.17, 15) is 4.79 Å². The average Bonchev–Trinajstić information content (AvgIpc) is 2.39. The monoisotopic (exact) mass is 234 g/mol. The first-order valence-corrected chi connectivity index (χ1v) is 6.04. The highest BCUT2D eigenvalue weighted by Crippen LogP contribution is 2.18. The number of piperidine rings is 1. The van der Waals surface area contributed by atoms with Crippen molar-refractivity contribution in [2.24, 2.45) is 5.92 Å². The molecule has 0 unspecified atom stereocenters. The van der Waals surface area contributed by atoms with E-state index in [2.05, 4.69) is 11.9 Å². The highest BCUT2D eigenvalue weighted by molar-refractivity contribution is 5.94. The largest absolute Gasteiger partial charge is 0.392 e. The number of pyridine rings is 1. The van der Waals surface area contributed by atoms with E-state index in [0.717, 1.165) is 25.9 Å². The van der Waals surface area contributed by atoms with Crippen LogP contribution in [-0.2, 0) is 6.61 Å². The van der Waals surface area contributed by atoms with Crippen molar-refractivity contribution in [1.29, 1.82) is 0 Å². The molecule has 0 spiro atoms. The number of nitrogens with zero attached hydrogens (tertiary/aromatic N) is 2. The summed E-state index contributed by atoms with van der Waals surface area (Å²) in [6.07, 6.45) is 5.28. The third-order valence-corrected chi connectivity index (χ3v) is 3.30. The molecule has 1 aromatic rings. The average molecular weight is 234 g/mol. The number of hydrogen-bond donors (Lipinski definition) is 1. The summed E-state index contributed by atoms with van der Waals surface area (Å²) in [5, 5.41) is 9.02.